The van der Waals surface area contributed by atoms with Crippen LogP contribution in [0.4, 0.5) is 0 Å². The summed E-state index contributed by atoms with van der Waals surface area (Å²) in [5.41, 5.74) is 1.09. The third-order valence-corrected chi connectivity index (χ3v) is 1.53. The molecule has 0 saturated carbocycles. The Hall–Kier alpha value is -2.08. The Kier molecular flexibility index (Phi) is 3.45. The summed E-state index contributed by atoms with van der Waals surface area (Å²) in [6.07, 6.45) is 2.16. The SMILES string of the molecule is Cc1ccc(OC(=O)C=CC#N)cc1. The number of aryl methyl sites for hydroxylation is 1. The fourth-order valence-corrected chi connectivity index (χ4v) is 0.862. The molecule has 0 aliphatic rings. The molecular formula is C11H9NO2. The third-order valence-electron chi connectivity index (χ3n) is 1.53. The maximum atomic E-state index is 11.0. The normalized spacial score (nSPS) is 9.71. The maximum absolute atomic E-state index is 11.0. The van der Waals surface area contributed by atoms with Gasteiger partial charge in [0.05, 0.1) is 6.07 Å². The molecular weight excluding hydrogens is 178 g/mol. The first kappa shape index (κ1) is 10.0. The zero-order valence-corrected chi connectivity index (χ0v) is 7.73. The number of nitrogens with zero attached hydrogens (tertiary/aromatic N) is 1. The molecule has 0 saturated heterocycles. The van der Waals surface area contributed by atoms with E-state index in [0.29, 0.717) is 5.75 Å². The quantitative estimate of drug-likeness (QED) is 0.308. The van der Waals surface area contributed by atoms with E-state index >= 15 is 0 Å². The first-order chi connectivity index (χ1) is 6.72. The lowest BCUT2D eigenvalue weighted by molar-refractivity contribution is -0.128. The highest BCUT2D eigenvalue weighted by molar-refractivity contribution is 5.84. The summed E-state index contributed by atoms with van der Waals surface area (Å²) < 4.78 is 4.89. The molecule has 70 valence electrons. The average Bonchev–Trinajstić information content (AvgIpc) is 2.18. The Morgan fingerprint density at radius 2 is 2.07 bits per heavy atom. The average molecular weight is 187 g/mol. The van der Waals surface area contributed by atoms with Gasteiger partial charge in [0.15, 0.2) is 0 Å². The second kappa shape index (κ2) is 4.83. The van der Waals surface area contributed by atoms with E-state index in [-0.39, 0.29) is 0 Å². The van der Waals surface area contributed by atoms with Crippen LogP contribution in [0.25, 0.3) is 0 Å². The van der Waals surface area contributed by atoms with Crippen LogP contribution >= 0.6 is 0 Å². The summed E-state index contributed by atoms with van der Waals surface area (Å²) in [5, 5.41) is 8.17. The van der Waals surface area contributed by atoms with Gasteiger partial charge in [0.25, 0.3) is 0 Å². The molecule has 0 aromatic heterocycles. The van der Waals surface area contributed by atoms with Crippen molar-refractivity contribution in [2.75, 3.05) is 0 Å². The number of nitriles is 1. The van der Waals surface area contributed by atoms with Crippen molar-refractivity contribution in [3.63, 3.8) is 0 Å². The first-order valence-corrected chi connectivity index (χ1v) is 4.07. The summed E-state index contributed by atoms with van der Waals surface area (Å²) in [4.78, 5) is 11.0. The third kappa shape index (κ3) is 3.11. The van der Waals surface area contributed by atoms with Crippen molar-refractivity contribution in [3.05, 3.63) is 42.0 Å². The molecule has 0 unspecified atom stereocenters. The van der Waals surface area contributed by atoms with Crippen LogP contribution in [-0.2, 0) is 4.79 Å². The van der Waals surface area contributed by atoms with E-state index < -0.39 is 5.97 Å². The molecule has 0 heterocycles. The van der Waals surface area contributed by atoms with Gasteiger partial charge in [-0.2, -0.15) is 5.26 Å². The van der Waals surface area contributed by atoms with E-state index in [0.717, 1.165) is 17.7 Å². The van der Waals surface area contributed by atoms with Gasteiger partial charge in [0.2, 0.25) is 0 Å². The molecule has 0 spiro atoms. The van der Waals surface area contributed by atoms with Gasteiger partial charge in [-0.3, -0.25) is 0 Å². The van der Waals surface area contributed by atoms with Crippen LogP contribution in [0.1, 0.15) is 5.56 Å². The van der Waals surface area contributed by atoms with Crippen molar-refractivity contribution in [2.24, 2.45) is 0 Å². The van der Waals surface area contributed by atoms with Gasteiger partial charge in [0.1, 0.15) is 5.75 Å². The molecule has 0 bridgehead atoms. The van der Waals surface area contributed by atoms with Gasteiger partial charge in [-0.15, -0.1) is 0 Å². The highest BCUT2D eigenvalue weighted by atomic mass is 16.5. The van der Waals surface area contributed by atoms with Gasteiger partial charge < -0.3 is 4.74 Å². The van der Waals surface area contributed by atoms with Crippen LogP contribution in [0.5, 0.6) is 5.75 Å². The zero-order chi connectivity index (χ0) is 10.4. The fraction of sp³-hybridized carbons (Fsp3) is 0.0909. The van der Waals surface area contributed by atoms with Gasteiger partial charge in [-0.05, 0) is 19.1 Å². The first-order valence-electron chi connectivity index (χ1n) is 4.07. The van der Waals surface area contributed by atoms with Gasteiger partial charge in [-0.1, -0.05) is 17.7 Å². The largest absolute Gasteiger partial charge is 0.423 e. The molecule has 3 heteroatoms. The second-order valence-electron chi connectivity index (χ2n) is 2.70. The molecule has 1 rings (SSSR count). The van der Waals surface area contributed by atoms with Crippen LogP contribution in [0.15, 0.2) is 36.4 Å². The number of carbonyl (C=O) groups excluding carboxylic acids is 1. The van der Waals surface area contributed by atoms with Crippen LogP contribution < -0.4 is 4.74 Å². The number of esters is 1. The van der Waals surface area contributed by atoms with Crippen LogP contribution in [-0.4, -0.2) is 5.97 Å². The lowest BCUT2D eigenvalue weighted by Gasteiger charge is -2.00. The molecule has 0 N–H and O–H groups in total. The summed E-state index contributed by atoms with van der Waals surface area (Å²) in [5.74, 6) is -0.0707. The highest BCUT2D eigenvalue weighted by Crippen LogP contribution is 2.11. The second-order valence-corrected chi connectivity index (χ2v) is 2.70. The molecule has 0 fully saturated rings. The zero-order valence-electron chi connectivity index (χ0n) is 7.73. The van der Waals surface area contributed by atoms with E-state index in [1.165, 1.54) is 0 Å². The number of hydrogen-bond donors (Lipinski definition) is 0. The number of allylic oxidation sites excluding steroid dienone is 1. The van der Waals surface area contributed by atoms with Crippen molar-refractivity contribution >= 4 is 5.97 Å². The van der Waals surface area contributed by atoms with Gasteiger partial charge in [-0.25, -0.2) is 4.79 Å². The van der Waals surface area contributed by atoms with E-state index in [1.54, 1.807) is 18.2 Å². The number of carbonyl (C=O) groups is 1. The topological polar surface area (TPSA) is 50.1 Å². The van der Waals surface area contributed by atoms with E-state index in [1.807, 2.05) is 19.1 Å². The van der Waals surface area contributed by atoms with Crippen LogP contribution in [0, 0.1) is 18.3 Å². The Morgan fingerprint density at radius 3 is 2.64 bits per heavy atom. The molecule has 1 aromatic carbocycles. The maximum Gasteiger partial charge on any atom is 0.336 e. The minimum atomic E-state index is -0.546. The smallest absolute Gasteiger partial charge is 0.336 e. The fourth-order valence-electron chi connectivity index (χ4n) is 0.862. The lowest BCUT2D eigenvalue weighted by Crippen LogP contribution is -2.03. The number of ether oxygens (including phenoxy) is 1. The van der Waals surface area contributed by atoms with Crippen molar-refractivity contribution in [1.82, 2.24) is 0 Å². The summed E-state index contributed by atoms with van der Waals surface area (Å²) in [7, 11) is 0. The summed E-state index contributed by atoms with van der Waals surface area (Å²) >= 11 is 0. The minimum absolute atomic E-state index is 0.475. The van der Waals surface area contributed by atoms with E-state index in [2.05, 4.69) is 0 Å². The van der Waals surface area contributed by atoms with Crippen molar-refractivity contribution in [1.29, 1.82) is 5.26 Å². The van der Waals surface area contributed by atoms with Crippen molar-refractivity contribution in [3.8, 4) is 11.8 Å². The van der Waals surface area contributed by atoms with Crippen LogP contribution in [0.3, 0.4) is 0 Å². The van der Waals surface area contributed by atoms with Gasteiger partial charge in [0, 0.05) is 12.2 Å². The lowest BCUT2D eigenvalue weighted by atomic mass is 10.2. The molecule has 0 radical (unpaired) electrons. The summed E-state index contributed by atoms with van der Waals surface area (Å²) in [6, 6.07) is 8.80. The Labute approximate surface area is 82.2 Å². The highest BCUT2D eigenvalue weighted by Gasteiger charge is 1.98. The summed E-state index contributed by atoms with van der Waals surface area (Å²) in [6.45, 7) is 1.95. The monoisotopic (exact) mass is 187 g/mol. The predicted octanol–water partition coefficient (Wildman–Crippen LogP) is 1.98. The predicted molar refractivity (Wildman–Crippen MR) is 51.6 cm³/mol. The Morgan fingerprint density at radius 1 is 1.43 bits per heavy atom. The van der Waals surface area contributed by atoms with E-state index in [4.69, 9.17) is 10.00 Å². The number of benzene rings is 1. The van der Waals surface area contributed by atoms with E-state index in [9.17, 15) is 4.79 Å². The standard InChI is InChI=1S/C11H9NO2/c1-9-4-6-10(7-5-9)14-11(13)3-2-8-12/h2-7H,1H3. The molecule has 1 aromatic rings. The van der Waals surface area contributed by atoms with Crippen molar-refractivity contribution in [2.45, 2.75) is 6.92 Å². The molecule has 3 nitrogen and oxygen atoms in total. The van der Waals surface area contributed by atoms with Gasteiger partial charge >= 0.3 is 5.97 Å². The Balaban J connectivity index is 2.62. The molecule has 0 aliphatic carbocycles. The molecule has 14 heavy (non-hydrogen) atoms. The molecule has 0 amide bonds. The minimum Gasteiger partial charge on any atom is -0.423 e. The van der Waals surface area contributed by atoms with Crippen LogP contribution in [0.2, 0.25) is 0 Å². The molecule has 0 atom stereocenters. The Bertz CT molecular complexity index is 385. The number of hydrogen-bond acceptors (Lipinski definition) is 3. The number of rotatable bonds is 2. The molecule has 0 aliphatic heterocycles. The van der Waals surface area contributed by atoms with Crippen molar-refractivity contribution < 1.29 is 9.53 Å².